The molecule has 2 rings (SSSR count). The zero-order chi connectivity index (χ0) is 14.5. The molecule has 0 atom stereocenters. The van der Waals surface area contributed by atoms with E-state index >= 15 is 0 Å². The molecule has 1 saturated heterocycles. The summed E-state index contributed by atoms with van der Waals surface area (Å²) < 4.78 is 5.56. The van der Waals surface area contributed by atoms with E-state index in [1.54, 1.807) is 19.1 Å². The minimum Gasteiger partial charge on any atom is -0.619 e. The summed E-state index contributed by atoms with van der Waals surface area (Å²) >= 11 is 0. The Morgan fingerprint density at radius 1 is 1.50 bits per heavy atom. The molecule has 6 nitrogen and oxygen atoms in total. The van der Waals surface area contributed by atoms with Crippen molar-refractivity contribution in [3.8, 4) is 0 Å². The van der Waals surface area contributed by atoms with Gasteiger partial charge in [0.15, 0.2) is 0 Å². The van der Waals surface area contributed by atoms with E-state index in [2.05, 4.69) is 16.9 Å². The first-order chi connectivity index (χ1) is 9.63. The topological polar surface area (TPSA) is 67.6 Å². The molecule has 1 fully saturated rings. The Bertz CT molecular complexity index is 510. The Labute approximate surface area is 118 Å². The van der Waals surface area contributed by atoms with Gasteiger partial charge in [0.05, 0.1) is 17.9 Å². The second kappa shape index (κ2) is 6.38. The molecule has 1 aromatic rings. The molecule has 1 heterocycles. The van der Waals surface area contributed by atoms with Crippen molar-refractivity contribution in [3.63, 3.8) is 0 Å². The largest absolute Gasteiger partial charge is 0.619 e. The molecule has 20 heavy (non-hydrogen) atoms. The third-order valence-corrected chi connectivity index (χ3v) is 3.22. The average molecular weight is 277 g/mol. The lowest BCUT2D eigenvalue weighted by molar-refractivity contribution is -0.349. The van der Waals surface area contributed by atoms with E-state index < -0.39 is 5.97 Å². The van der Waals surface area contributed by atoms with Crippen LogP contribution in [0.15, 0.2) is 18.2 Å². The summed E-state index contributed by atoms with van der Waals surface area (Å²) in [5, 5.41) is 14.6. The van der Waals surface area contributed by atoms with Crippen molar-refractivity contribution in [3.05, 3.63) is 29.0 Å². The summed E-state index contributed by atoms with van der Waals surface area (Å²) in [5.74, 6) is -0.412. The minimum atomic E-state index is -0.412. The van der Waals surface area contributed by atoms with E-state index in [0.29, 0.717) is 22.6 Å². The fourth-order valence-corrected chi connectivity index (χ4v) is 2.23. The summed E-state index contributed by atoms with van der Waals surface area (Å²) in [6.07, 6.45) is 0. The van der Waals surface area contributed by atoms with Crippen LogP contribution in [-0.2, 0) is 4.74 Å². The summed E-state index contributed by atoms with van der Waals surface area (Å²) in [6, 6.07) is 4.98. The van der Waals surface area contributed by atoms with E-state index in [1.807, 2.05) is 0 Å². The number of nitrogens with one attached hydrogen (secondary N) is 1. The Morgan fingerprint density at radius 3 is 2.80 bits per heavy atom. The van der Waals surface area contributed by atoms with Crippen LogP contribution >= 0.6 is 0 Å². The molecular weight excluding hydrogens is 258 g/mol. The second-order valence-corrected chi connectivity index (χ2v) is 4.54. The first-order valence-electron chi connectivity index (χ1n) is 6.68. The monoisotopic (exact) mass is 277 g/mol. The maximum Gasteiger partial charge on any atom is 0.340 e. The molecule has 0 saturated carbocycles. The number of nitrogens with zero attached hydrogens (tertiary/aromatic N) is 2. The molecule has 1 aliphatic rings. The zero-order valence-corrected chi connectivity index (χ0v) is 11.6. The Morgan fingerprint density at radius 2 is 2.20 bits per heavy atom. The molecular formula is C14H19N3O3. The highest BCUT2D eigenvalue weighted by Crippen LogP contribution is 2.26. The van der Waals surface area contributed by atoms with E-state index in [9.17, 15) is 10.0 Å². The quantitative estimate of drug-likeness (QED) is 0.294. The lowest BCUT2D eigenvalue weighted by Gasteiger charge is -2.30. The molecule has 108 valence electrons. The number of hydrogen-bond donors (Lipinski definition) is 1. The zero-order valence-electron chi connectivity index (χ0n) is 11.6. The SMILES string of the molecule is C=[N+]([O-])c1ccc(N2CCNCC2)c(C(=O)OCC)c1. The standard InChI is InChI=1S/C14H19N3O3/c1-3-20-14(18)12-10-11(16(2)19)4-5-13(12)17-8-6-15-7-9-17/h4-5,10,15H,2-3,6-9H2,1H3. The number of carbonyl (C=O) groups excluding carboxylic acids is 1. The van der Waals surface area contributed by atoms with Gasteiger partial charge in [-0.15, -0.1) is 0 Å². The molecule has 0 radical (unpaired) electrons. The highest BCUT2D eigenvalue weighted by molar-refractivity contribution is 5.96. The van der Waals surface area contributed by atoms with Gasteiger partial charge < -0.3 is 20.2 Å². The third kappa shape index (κ3) is 3.08. The van der Waals surface area contributed by atoms with Gasteiger partial charge in [0.25, 0.3) is 0 Å². The van der Waals surface area contributed by atoms with E-state index in [1.165, 1.54) is 6.07 Å². The maximum absolute atomic E-state index is 12.1. The van der Waals surface area contributed by atoms with Crippen molar-refractivity contribution >= 4 is 24.1 Å². The lowest BCUT2D eigenvalue weighted by Crippen LogP contribution is -2.44. The highest BCUT2D eigenvalue weighted by Gasteiger charge is 2.21. The molecule has 0 spiro atoms. The van der Waals surface area contributed by atoms with Crippen LogP contribution in [0.5, 0.6) is 0 Å². The number of piperazine rings is 1. The molecule has 0 aromatic heterocycles. The second-order valence-electron chi connectivity index (χ2n) is 4.54. The molecule has 0 unspecified atom stereocenters. The first-order valence-corrected chi connectivity index (χ1v) is 6.68. The summed E-state index contributed by atoms with van der Waals surface area (Å²) in [6.45, 7) is 8.73. The van der Waals surface area contributed by atoms with Gasteiger partial charge in [-0.05, 0) is 13.0 Å². The Kier molecular flexibility index (Phi) is 4.57. The molecule has 1 aromatic carbocycles. The average Bonchev–Trinajstić information content (AvgIpc) is 2.47. The normalized spacial score (nSPS) is 14.9. The third-order valence-electron chi connectivity index (χ3n) is 3.22. The van der Waals surface area contributed by atoms with Crippen LogP contribution in [0.4, 0.5) is 11.4 Å². The summed E-state index contributed by atoms with van der Waals surface area (Å²) in [7, 11) is 0. The van der Waals surface area contributed by atoms with Crippen LogP contribution in [0.3, 0.4) is 0 Å². The number of esters is 1. The predicted molar refractivity (Wildman–Crippen MR) is 77.9 cm³/mol. The predicted octanol–water partition coefficient (Wildman–Crippen LogP) is 1.12. The van der Waals surface area contributed by atoms with Gasteiger partial charge in [-0.1, -0.05) is 0 Å². The van der Waals surface area contributed by atoms with Crippen molar-refractivity contribution in [2.45, 2.75) is 6.92 Å². The van der Waals surface area contributed by atoms with Crippen molar-refractivity contribution in [1.29, 1.82) is 0 Å². The van der Waals surface area contributed by atoms with Crippen molar-refractivity contribution in [2.75, 3.05) is 37.7 Å². The smallest absolute Gasteiger partial charge is 0.340 e. The van der Waals surface area contributed by atoms with E-state index in [-0.39, 0.29) is 0 Å². The molecule has 6 heteroatoms. The van der Waals surface area contributed by atoms with Gasteiger partial charge >= 0.3 is 5.97 Å². The van der Waals surface area contributed by atoms with Crippen LogP contribution in [0.2, 0.25) is 0 Å². The van der Waals surface area contributed by atoms with Gasteiger partial charge in [-0.3, -0.25) is 0 Å². The Balaban J connectivity index is 2.38. The van der Waals surface area contributed by atoms with Crippen LogP contribution in [-0.4, -0.2) is 50.2 Å². The van der Waals surface area contributed by atoms with Crippen LogP contribution in [0.25, 0.3) is 0 Å². The van der Waals surface area contributed by atoms with E-state index in [4.69, 9.17) is 4.74 Å². The molecule has 0 bridgehead atoms. The molecule has 1 N–H and O–H groups in total. The number of benzene rings is 1. The fraction of sp³-hybridized carbons (Fsp3) is 0.429. The lowest BCUT2D eigenvalue weighted by atomic mass is 10.1. The van der Waals surface area contributed by atoms with Gasteiger partial charge in [0, 0.05) is 38.3 Å². The van der Waals surface area contributed by atoms with Crippen molar-refractivity contribution < 1.29 is 14.3 Å². The van der Waals surface area contributed by atoms with Gasteiger partial charge in [0.1, 0.15) is 6.72 Å². The number of carbonyl (C=O) groups is 1. The highest BCUT2D eigenvalue weighted by atomic mass is 16.5. The van der Waals surface area contributed by atoms with Crippen LogP contribution in [0.1, 0.15) is 17.3 Å². The minimum absolute atomic E-state index is 0.301. The maximum atomic E-state index is 12.1. The number of ether oxygens (including phenoxy) is 1. The Hall–Kier alpha value is -2.08. The van der Waals surface area contributed by atoms with Gasteiger partial charge in [-0.25, -0.2) is 4.79 Å². The molecule has 1 aliphatic heterocycles. The van der Waals surface area contributed by atoms with Crippen LogP contribution in [0, 0.1) is 5.21 Å². The van der Waals surface area contributed by atoms with Crippen molar-refractivity contribution in [2.24, 2.45) is 0 Å². The summed E-state index contributed by atoms with van der Waals surface area (Å²) in [4.78, 5) is 14.2. The van der Waals surface area contributed by atoms with Gasteiger partial charge in [0.2, 0.25) is 5.69 Å². The first kappa shape index (κ1) is 14.3. The number of rotatable bonds is 4. The molecule has 0 aliphatic carbocycles. The van der Waals surface area contributed by atoms with Crippen molar-refractivity contribution in [1.82, 2.24) is 5.32 Å². The molecule has 0 amide bonds. The summed E-state index contributed by atoms with van der Waals surface area (Å²) in [5.41, 5.74) is 1.55. The van der Waals surface area contributed by atoms with E-state index in [0.717, 1.165) is 31.9 Å². The fourth-order valence-electron chi connectivity index (χ4n) is 2.23. The number of anilines is 1. The van der Waals surface area contributed by atoms with Gasteiger partial charge in [-0.2, -0.15) is 4.74 Å². The van der Waals surface area contributed by atoms with Crippen LogP contribution < -0.4 is 10.2 Å². The number of hydrogen-bond acceptors (Lipinski definition) is 5.